The number of rotatable bonds is 4. The van der Waals surface area contributed by atoms with Crippen molar-refractivity contribution in [3.63, 3.8) is 0 Å². The lowest BCUT2D eigenvalue weighted by atomic mass is 9.95. The second-order valence-corrected chi connectivity index (χ2v) is 8.03. The molecule has 108 valence electrons. The average Bonchev–Trinajstić information content (AvgIpc) is 2.85. The highest BCUT2D eigenvalue weighted by atomic mass is 79.9. The van der Waals surface area contributed by atoms with Crippen LogP contribution >= 0.6 is 27.3 Å². The number of nitrogens with one attached hydrogen (secondary N) is 1. The Bertz CT molecular complexity index is 568. The molecule has 1 nitrogen and oxygen atoms in total. The summed E-state index contributed by atoms with van der Waals surface area (Å²) in [5.41, 5.74) is 1.53. The first-order chi connectivity index (χ1) is 9.41. The van der Waals surface area contributed by atoms with Gasteiger partial charge in [0.25, 0.3) is 0 Å². The predicted molar refractivity (Wildman–Crippen MR) is 92.7 cm³/mol. The van der Waals surface area contributed by atoms with Gasteiger partial charge in [-0.3, -0.25) is 0 Å². The van der Waals surface area contributed by atoms with Gasteiger partial charge >= 0.3 is 0 Å². The Balaban J connectivity index is 2.36. The zero-order valence-corrected chi connectivity index (χ0v) is 14.9. The molecule has 0 aliphatic carbocycles. The fourth-order valence-corrected chi connectivity index (χ4v) is 3.77. The lowest BCUT2D eigenvalue weighted by Gasteiger charge is -2.19. The van der Waals surface area contributed by atoms with Crippen molar-refractivity contribution < 1.29 is 0 Å². The minimum atomic E-state index is 0.219. The summed E-state index contributed by atoms with van der Waals surface area (Å²) in [5.74, 6) is 0. The molecule has 2 aromatic rings. The van der Waals surface area contributed by atoms with Gasteiger partial charge in [-0.1, -0.05) is 55.8 Å². The summed E-state index contributed by atoms with van der Waals surface area (Å²) in [6, 6.07) is 13.4. The van der Waals surface area contributed by atoms with Gasteiger partial charge < -0.3 is 5.32 Å². The van der Waals surface area contributed by atoms with Gasteiger partial charge in [0.05, 0.1) is 6.04 Å². The van der Waals surface area contributed by atoms with Crippen molar-refractivity contribution in [1.82, 2.24) is 5.32 Å². The van der Waals surface area contributed by atoms with Crippen LogP contribution < -0.4 is 5.32 Å². The highest BCUT2D eigenvalue weighted by molar-refractivity contribution is 9.10. The normalized spacial score (nSPS) is 13.4. The molecule has 1 unspecified atom stereocenters. The van der Waals surface area contributed by atoms with Crippen LogP contribution in [0.3, 0.4) is 0 Å². The van der Waals surface area contributed by atoms with Crippen LogP contribution in [0, 0.1) is 0 Å². The summed E-state index contributed by atoms with van der Waals surface area (Å²) in [6.07, 6.45) is 0. The van der Waals surface area contributed by atoms with E-state index in [1.165, 1.54) is 15.3 Å². The van der Waals surface area contributed by atoms with E-state index >= 15 is 0 Å². The van der Waals surface area contributed by atoms with Gasteiger partial charge in [-0.15, -0.1) is 11.3 Å². The summed E-state index contributed by atoms with van der Waals surface area (Å²) in [7, 11) is 0. The zero-order chi connectivity index (χ0) is 14.8. The van der Waals surface area contributed by atoms with Gasteiger partial charge in [-0.05, 0) is 41.8 Å². The van der Waals surface area contributed by atoms with Crippen molar-refractivity contribution in [3.8, 4) is 0 Å². The van der Waals surface area contributed by atoms with Crippen molar-refractivity contribution in [2.45, 2.75) is 39.2 Å². The minimum absolute atomic E-state index is 0.219. The third kappa shape index (κ3) is 3.72. The van der Waals surface area contributed by atoms with Crippen LogP contribution in [-0.2, 0) is 5.41 Å². The highest BCUT2D eigenvalue weighted by Gasteiger charge is 2.20. The van der Waals surface area contributed by atoms with Crippen LogP contribution in [0.1, 0.15) is 49.1 Å². The molecule has 0 aliphatic heterocycles. The number of benzene rings is 1. The van der Waals surface area contributed by atoms with Crippen LogP contribution in [0.2, 0.25) is 0 Å². The Hall–Kier alpha value is -0.640. The predicted octanol–water partition coefficient (Wildman–Crippen LogP) is 5.51. The number of halogens is 1. The standard InChI is InChI=1S/C17H22BrNS/c1-5-19-16(12-7-6-8-13(18)11-12)14-9-10-15(20-14)17(2,3)4/h6-11,16,19H,5H2,1-4H3. The molecule has 3 heteroatoms. The zero-order valence-electron chi connectivity index (χ0n) is 12.5. The van der Waals surface area contributed by atoms with E-state index in [2.05, 4.69) is 85.3 Å². The lowest BCUT2D eigenvalue weighted by molar-refractivity contribution is 0.604. The first-order valence-corrected chi connectivity index (χ1v) is 8.62. The fourth-order valence-electron chi connectivity index (χ4n) is 2.18. The van der Waals surface area contributed by atoms with E-state index in [-0.39, 0.29) is 11.5 Å². The molecule has 20 heavy (non-hydrogen) atoms. The van der Waals surface area contributed by atoms with Crippen LogP contribution in [0.25, 0.3) is 0 Å². The van der Waals surface area contributed by atoms with Gasteiger partial charge in [0.2, 0.25) is 0 Å². The van der Waals surface area contributed by atoms with Crippen LogP contribution in [-0.4, -0.2) is 6.54 Å². The molecule has 0 amide bonds. The largest absolute Gasteiger partial charge is 0.306 e. The summed E-state index contributed by atoms with van der Waals surface area (Å²) in [5, 5.41) is 3.60. The molecule has 1 N–H and O–H groups in total. The molecule has 1 atom stereocenters. The average molecular weight is 352 g/mol. The second-order valence-electron chi connectivity index (χ2n) is 6.00. The Kier molecular flexibility index (Phi) is 5.05. The topological polar surface area (TPSA) is 12.0 Å². The molecule has 0 spiro atoms. The van der Waals surface area contributed by atoms with E-state index in [1.807, 2.05) is 11.3 Å². The highest BCUT2D eigenvalue weighted by Crippen LogP contribution is 2.35. The van der Waals surface area contributed by atoms with Crippen molar-refractivity contribution >= 4 is 27.3 Å². The van der Waals surface area contributed by atoms with E-state index < -0.39 is 0 Å². The maximum Gasteiger partial charge on any atom is 0.0671 e. The first-order valence-electron chi connectivity index (χ1n) is 7.01. The van der Waals surface area contributed by atoms with Crippen LogP contribution in [0.5, 0.6) is 0 Å². The number of hydrogen-bond acceptors (Lipinski definition) is 2. The Morgan fingerprint density at radius 2 is 1.95 bits per heavy atom. The third-order valence-electron chi connectivity index (χ3n) is 3.24. The lowest BCUT2D eigenvalue weighted by Crippen LogP contribution is -2.21. The Morgan fingerprint density at radius 1 is 1.20 bits per heavy atom. The monoisotopic (exact) mass is 351 g/mol. The maximum absolute atomic E-state index is 3.60. The summed E-state index contributed by atoms with van der Waals surface area (Å²) in [6.45, 7) is 9.92. The van der Waals surface area contributed by atoms with Crippen LogP contribution in [0.15, 0.2) is 40.9 Å². The van der Waals surface area contributed by atoms with Gasteiger partial charge in [-0.2, -0.15) is 0 Å². The Labute approximate surface area is 134 Å². The van der Waals surface area contributed by atoms with Crippen LogP contribution in [0.4, 0.5) is 0 Å². The van der Waals surface area contributed by atoms with E-state index in [4.69, 9.17) is 0 Å². The summed E-state index contributed by atoms with van der Waals surface area (Å²) >= 11 is 5.48. The van der Waals surface area contributed by atoms with E-state index in [0.29, 0.717) is 0 Å². The van der Waals surface area contributed by atoms with Gasteiger partial charge in [0.1, 0.15) is 0 Å². The maximum atomic E-state index is 3.60. The molecule has 1 aromatic heterocycles. The molecule has 0 bridgehead atoms. The van der Waals surface area contributed by atoms with E-state index in [9.17, 15) is 0 Å². The molecule has 0 radical (unpaired) electrons. The Morgan fingerprint density at radius 3 is 2.50 bits per heavy atom. The summed E-state index contributed by atoms with van der Waals surface area (Å²) < 4.78 is 1.13. The van der Waals surface area contributed by atoms with Crippen molar-refractivity contribution in [1.29, 1.82) is 0 Å². The smallest absolute Gasteiger partial charge is 0.0671 e. The minimum Gasteiger partial charge on any atom is -0.306 e. The molecule has 1 heterocycles. The van der Waals surface area contributed by atoms with Crippen molar-refractivity contribution in [2.75, 3.05) is 6.54 Å². The van der Waals surface area contributed by atoms with Gasteiger partial charge in [0, 0.05) is 14.2 Å². The molecule has 0 fully saturated rings. The second kappa shape index (κ2) is 6.42. The molecule has 0 saturated heterocycles. The molecule has 0 saturated carbocycles. The van der Waals surface area contributed by atoms with E-state index in [0.717, 1.165) is 11.0 Å². The molecular weight excluding hydrogens is 330 g/mol. The molecular formula is C17H22BrNS. The fraction of sp³-hybridized carbons (Fsp3) is 0.412. The van der Waals surface area contributed by atoms with Gasteiger partial charge in [0.15, 0.2) is 0 Å². The molecule has 2 rings (SSSR count). The SMILES string of the molecule is CCNC(c1cccc(Br)c1)c1ccc(C(C)(C)C)s1. The number of thiophene rings is 1. The van der Waals surface area contributed by atoms with Gasteiger partial charge in [-0.25, -0.2) is 0 Å². The molecule has 0 aliphatic rings. The first kappa shape index (κ1) is 15.7. The van der Waals surface area contributed by atoms with Crippen molar-refractivity contribution in [3.05, 3.63) is 56.2 Å². The van der Waals surface area contributed by atoms with Crippen molar-refractivity contribution in [2.24, 2.45) is 0 Å². The number of hydrogen-bond donors (Lipinski definition) is 1. The van der Waals surface area contributed by atoms with E-state index in [1.54, 1.807) is 0 Å². The quantitative estimate of drug-likeness (QED) is 0.765. The third-order valence-corrected chi connectivity index (χ3v) is 5.31. The summed E-state index contributed by atoms with van der Waals surface area (Å²) in [4.78, 5) is 2.82. The molecule has 1 aromatic carbocycles.